The lowest BCUT2D eigenvalue weighted by Crippen LogP contribution is -2.37. The van der Waals surface area contributed by atoms with Crippen LogP contribution in [-0.4, -0.2) is 55.2 Å². The van der Waals surface area contributed by atoms with E-state index in [9.17, 15) is 9.59 Å². The van der Waals surface area contributed by atoms with Gasteiger partial charge in [-0.15, -0.1) is 10.2 Å². The summed E-state index contributed by atoms with van der Waals surface area (Å²) in [6.45, 7) is 3.08. The average Bonchev–Trinajstić information content (AvgIpc) is 3.19. The zero-order valence-corrected chi connectivity index (χ0v) is 18.3. The highest BCUT2D eigenvalue weighted by Crippen LogP contribution is 2.30. The molecule has 12 heteroatoms. The van der Waals surface area contributed by atoms with Crippen LogP contribution in [0.15, 0.2) is 32.5 Å². The number of anilines is 2. The number of aliphatic imine (C=N–C) groups is 1. The quantitative estimate of drug-likeness (QED) is 0.607. The maximum atomic E-state index is 12.7. The van der Waals surface area contributed by atoms with Crippen LogP contribution in [0.1, 0.15) is 30.3 Å². The van der Waals surface area contributed by atoms with Gasteiger partial charge in [0.15, 0.2) is 5.76 Å². The van der Waals surface area contributed by atoms with Gasteiger partial charge in [-0.25, -0.2) is 9.79 Å². The zero-order valence-electron chi connectivity index (χ0n) is 17.5. The Morgan fingerprint density at radius 2 is 2.13 bits per heavy atom. The molecular formula is C19H24N6O5S. The summed E-state index contributed by atoms with van der Waals surface area (Å²) in [5.41, 5.74) is 5.74. The van der Waals surface area contributed by atoms with E-state index < -0.39 is 11.5 Å². The molecule has 166 valence electrons. The number of allylic oxidation sites excluding steroid dienone is 1. The summed E-state index contributed by atoms with van der Waals surface area (Å²) in [6, 6.07) is 1.50. The maximum Gasteiger partial charge on any atom is 0.381 e. The predicted octanol–water partition coefficient (Wildman–Crippen LogP) is 1.93. The fraction of sp³-hybridized carbons (Fsp3) is 0.421. The lowest BCUT2D eigenvalue weighted by Gasteiger charge is -2.33. The van der Waals surface area contributed by atoms with E-state index in [4.69, 9.17) is 19.6 Å². The number of methoxy groups -OCH3 is 2. The summed E-state index contributed by atoms with van der Waals surface area (Å²) in [6.07, 6.45) is 4.75. The van der Waals surface area contributed by atoms with Gasteiger partial charge in [-0.05, 0) is 32.0 Å². The number of nitrogens with one attached hydrogen (secondary N) is 1. The van der Waals surface area contributed by atoms with Crippen molar-refractivity contribution in [2.45, 2.75) is 25.9 Å². The van der Waals surface area contributed by atoms with Gasteiger partial charge < -0.3 is 24.5 Å². The molecule has 0 saturated carbocycles. The second kappa shape index (κ2) is 10.2. The topological polar surface area (TPSA) is 145 Å². The van der Waals surface area contributed by atoms with Gasteiger partial charge in [0.05, 0.1) is 18.9 Å². The summed E-state index contributed by atoms with van der Waals surface area (Å²) in [5, 5.41) is 10.9. The lowest BCUT2D eigenvalue weighted by molar-refractivity contribution is 0.0817. The van der Waals surface area contributed by atoms with E-state index >= 15 is 0 Å². The lowest BCUT2D eigenvalue weighted by atomic mass is 10.1. The van der Waals surface area contributed by atoms with Gasteiger partial charge in [0.2, 0.25) is 16.0 Å². The van der Waals surface area contributed by atoms with Gasteiger partial charge in [0.1, 0.15) is 0 Å². The Hall–Kier alpha value is -3.25. The van der Waals surface area contributed by atoms with Gasteiger partial charge in [-0.2, -0.15) is 0 Å². The molecule has 0 radical (unpaired) electrons. The van der Waals surface area contributed by atoms with Crippen LogP contribution >= 0.6 is 11.3 Å². The fourth-order valence-corrected chi connectivity index (χ4v) is 3.80. The Morgan fingerprint density at radius 3 is 2.77 bits per heavy atom. The first-order valence-corrected chi connectivity index (χ1v) is 10.3. The van der Waals surface area contributed by atoms with Crippen molar-refractivity contribution in [3.8, 4) is 5.75 Å². The molecule has 3 heterocycles. The SMILES string of the molecule is COc1c(N2CCC(OC)CC2)cc(C(=O)Nc2nnc(N=C(C)C=CN)s2)oc1=O. The molecule has 0 bridgehead atoms. The second-order valence-electron chi connectivity index (χ2n) is 6.69. The molecule has 2 aromatic rings. The van der Waals surface area contributed by atoms with Crippen molar-refractivity contribution < 1.29 is 18.7 Å². The molecule has 0 aliphatic carbocycles. The molecule has 3 rings (SSSR count). The molecule has 1 saturated heterocycles. The third-order valence-corrected chi connectivity index (χ3v) is 5.41. The van der Waals surface area contributed by atoms with E-state index in [0.717, 1.165) is 24.2 Å². The third kappa shape index (κ3) is 5.47. The van der Waals surface area contributed by atoms with E-state index in [2.05, 4.69) is 20.5 Å². The molecule has 0 unspecified atom stereocenters. The molecule has 2 aromatic heterocycles. The molecule has 1 aliphatic heterocycles. The predicted molar refractivity (Wildman–Crippen MR) is 118 cm³/mol. The van der Waals surface area contributed by atoms with Crippen molar-refractivity contribution in [2.24, 2.45) is 10.7 Å². The molecule has 11 nitrogen and oxygen atoms in total. The smallest absolute Gasteiger partial charge is 0.381 e. The van der Waals surface area contributed by atoms with Crippen LogP contribution in [0.3, 0.4) is 0 Å². The molecule has 0 spiro atoms. The number of nitrogens with zero attached hydrogens (tertiary/aromatic N) is 4. The number of carbonyl (C=O) groups is 1. The van der Waals surface area contributed by atoms with E-state index in [0.29, 0.717) is 29.6 Å². The number of piperidine rings is 1. The highest BCUT2D eigenvalue weighted by atomic mass is 32.1. The molecule has 0 atom stereocenters. The van der Waals surface area contributed by atoms with Gasteiger partial charge in [-0.3, -0.25) is 10.1 Å². The largest absolute Gasteiger partial charge is 0.488 e. The average molecular weight is 449 g/mol. The minimum Gasteiger partial charge on any atom is -0.488 e. The van der Waals surface area contributed by atoms with Crippen LogP contribution in [0.25, 0.3) is 0 Å². The first-order valence-electron chi connectivity index (χ1n) is 9.53. The molecule has 31 heavy (non-hydrogen) atoms. The van der Waals surface area contributed by atoms with Crippen LogP contribution in [0.5, 0.6) is 5.75 Å². The maximum absolute atomic E-state index is 12.7. The Balaban J connectivity index is 1.80. The summed E-state index contributed by atoms with van der Waals surface area (Å²) < 4.78 is 15.8. The van der Waals surface area contributed by atoms with Crippen LogP contribution in [0, 0.1) is 0 Å². The number of carbonyl (C=O) groups excluding carboxylic acids is 1. The monoisotopic (exact) mass is 448 g/mol. The highest BCUT2D eigenvalue weighted by molar-refractivity contribution is 7.18. The van der Waals surface area contributed by atoms with Gasteiger partial charge >= 0.3 is 5.63 Å². The summed E-state index contributed by atoms with van der Waals surface area (Å²) in [7, 11) is 3.07. The Bertz CT molecular complexity index is 1040. The molecular weight excluding hydrogens is 424 g/mol. The Morgan fingerprint density at radius 1 is 1.39 bits per heavy atom. The van der Waals surface area contributed by atoms with Crippen molar-refractivity contribution in [1.82, 2.24) is 10.2 Å². The van der Waals surface area contributed by atoms with Gasteiger partial charge in [0.25, 0.3) is 5.91 Å². The normalized spacial score (nSPS) is 15.5. The minimum absolute atomic E-state index is 0.0587. The van der Waals surface area contributed by atoms with Crippen LogP contribution in [0.2, 0.25) is 0 Å². The minimum atomic E-state index is -0.731. The number of hydrogen-bond donors (Lipinski definition) is 2. The standard InChI is InChI=1S/C19H24N6O5S/c1-11(4-7-20)21-18-23-24-19(31-18)22-16(26)14-10-13(15(29-3)17(27)30-14)25-8-5-12(28-2)6-9-25/h4,7,10,12H,5-6,8-9,20H2,1-3H3,(H,22,24,26). The zero-order chi connectivity index (χ0) is 22.4. The first-order chi connectivity index (χ1) is 14.9. The van der Waals surface area contributed by atoms with Crippen molar-refractivity contribution >= 4 is 38.9 Å². The third-order valence-electron chi connectivity index (χ3n) is 4.68. The molecule has 1 amide bonds. The number of aromatic nitrogens is 2. The van der Waals surface area contributed by atoms with Gasteiger partial charge in [-0.1, -0.05) is 11.3 Å². The molecule has 3 N–H and O–H groups in total. The summed E-state index contributed by atoms with van der Waals surface area (Å²) in [5.74, 6) is -0.724. The van der Waals surface area contributed by atoms with Crippen molar-refractivity contribution in [2.75, 3.05) is 37.5 Å². The van der Waals surface area contributed by atoms with Crippen molar-refractivity contribution in [3.05, 3.63) is 34.5 Å². The van der Waals surface area contributed by atoms with Crippen LogP contribution in [0.4, 0.5) is 16.0 Å². The van der Waals surface area contributed by atoms with E-state index in [-0.39, 0.29) is 22.7 Å². The first kappa shape index (κ1) is 22.4. The number of amides is 1. The molecule has 1 fully saturated rings. The highest BCUT2D eigenvalue weighted by Gasteiger charge is 2.25. The second-order valence-corrected chi connectivity index (χ2v) is 7.65. The summed E-state index contributed by atoms with van der Waals surface area (Å²) in [4.78, 5) is 31.3. The molecule has 0 aromatic carbocycles. The van der Waals surface area contributed by atoms with Crippen molar-refractivity contribution in [3.63, 3.8) is 0 Å². The van der Waals surface area contributed by atoms with E-state index in [1.54, 1.807) is 20.1 Å². The van der Waals surface area contributed by atoms with E-state index in [1.165, 1.54) is 19.4 Å². The van der Waals surface area contributed by atoms with Gasteiger partial charge in [0, 0.05) is 32.0 Å². The number of hydrogen-bond acceptors (Lipinski definition) is 11. The van der Waals surface area contributed by atoms with Crippen LogP contribution < -0.4 is 26.3 Å². The molecule has 1 aliphatic rings. The summed E-state index contributed by atoms with van der Waals surface area (Å²) >= 11 is 1.07. The number of rotatable bonds is 7. The Kier molecular flexibility index (Phi) is 7.36. The van der Waals surface area contributed by atoms with Crippen molar-refractivity contribution in [1.29, 1.82) is 0 Å². The number of nitrogens with two attached hydrogens (primary N) is 1. The number of ether oxygens (including phenoxy) is 2. The fourth-order valence-electron chi connectivity index (χ4n) is 3.13. The Labute approximate surface area is 182 Å². The van der Waals surface area contributed by atoms with E-state index in [1.807, 2.05) is 4.90 Å². The van der Waals surface area contributed by atoms with Crippen LogP contribution in [-0.2, 0) is 4.74 Å².